The van der Waals surface area contributed by atoms with Gasteiger partial charge in [-0.05, 0) is 78.2 Å². The molecule has 0 radical (unpaired) electrons. The zero-order chi connectivity index (χ0) is 24.0. The molecule has 0 amide bonds. The van der Waals surface area contributed by atoms with Gasteiger partial charge in [-0.25, -0.2) is 0 Å². The molecule has 0 aliphatic carbocycles. The summed E-state index contributed by atoms with van der Waals surface area (Å²) in [5.41, 5.74) is 16.3. The van der Waals surface area contributed by atoms with E-state index in [-0.39, 0.29) is 5.92 Å². The first-order chi connectivity index (χ1) is 17.2. The molecule has 0 saturated carbocycles. The van der Waals surface area contributed by atoms with Gasteiger partial charge in [0.25, 0.3) is 0 Å². The number of hydrogen-bond acceptors (Lipinski definition) is 3. The highest BCUT2D eigenvalue weighted by Gasteiger charge is 2.19. The van der Waals surface area contributed by atoms with Crippen molar-refractivity contribution in [1.82, 2.24) is 0 Å². The maximum absolute atomic E-state index is 6.50. The van der Waals surface area contributed by atoms with E-state index in [1.165, 1.54) is 16.7 Å². The van der Waals surface area contributed by atoms with Gasteiger partial charge < -0.3 is 16.4 Å². The van der Waals surface area contributed by atoms with Gasteiger partial charge in [0, 0.05) is 34.4 Å². The summed E-state index contributed by atoms with van der Waals surface area (Å²) in [5.74, 6) is 0.0338. The normalized spacial score (nSPS) is 10.8. The fraction of sp³-hybridized carbons (Fsp3) is 0.0625. The molecule has 0 spiro atoms. The van der Waals surface area contributed by atoms with E-state index < -0.39 is 0 Å². The van der Waals surface area contributed by atoms with Crippen LogP contribution in [0.4, 0.5) is 28.4 Å². The molecule has 0 atom stereocenters. The molecule has 172 valence electrons. The molecule has 3 nitrogen and oxygen atoms in total. The number of hydrogen-bond donors (Lipinski definition) is 3. The van der Waals surface area contributed by atoms with Crippen LogP contribution in [0.25, 0.3) is 0 Å². The average molecular weight is 456 g/mol. The van der Waals surface area contributed by atoms with E-state index in [9.17, 15) is 0 Å². The lowest BCUT2D eigenvalue weighted by molar-refractivity contribution is 0.978. The maximum atomic E-state index is 6.50. The molecule has 0 unspecified atom stereocenters. The number of nitrogen functional groups attached to an aromatic ring is 1. The fourth-order valence-electron chi connectivity index (χ4n) is 4.39. The van der Waals surface area contributed by atoms with Crippen molar-refractivity contribution in [2.75, 3.05) is 16.4 Å². The number of rotatable bonds is 7. The molecule has 35 heavy (non-hydrogen) atoms. The lowest BCUT2D eigenvalue weighted by Crippen LogP contribution is -2.07. The van der Waals surface area contributed by atoms with E-state index in [0.717, 1.165) is 34.0 Å². The molecule has 0 aromatic heterocycles. The van der Waals surface area contributed by atoms with Crippen LogP contribution in [-0.4, -0.2) is 0 Å². The van der Waals surface area contributed by atoms with Crippen LogP contribution in [0, 0.1) is 6.92 Å². The number of aryl methyl sites for hydroxylation is 1. The lowest BCUT2D eigenvalue weighted by atomic mass is 9.83. The summed E-state index contributed by atoms with van der Waals surface area (Å²) in [4.78, 5) is 0. The van der Waals surface area contributed by atoms with Crippen molar-refractivity contribution in [3.05, 3.63) is 150 Å². The SMILES string of the molecule is Cc1ccc(N)c(C(c2ccc(Nc3ccccc3)cc2)c2ccc(Nc3ccccc3)cc2)c1. The first kappa shape index (κ1) is 22.3. The van der Waals surface area contributed by atoms with Gasteiger partial charge in [-0.1, -0.05) is 78.4 Å². The molecule has 0 fully saturated rings. The standard InChI is InChI=1S/C32H29N3/c1-23-12-21-31(33)30(22-23)32(24-13-17-28(18-14-24)34-26-8-4-2-5-9-26)25-15-19-29(20-16-25)35-27-10-6-3-7-11-27/h2-22,32,34-35H,33H2,1H3. The minimum absolute atomic E-state index is 0.0338. The Labute approximate surface area is 207 Å². The topological polar surface area (TPSA) is 50.1 Å². The predicted octanol–water partition coefficient (Wildman–Crippen LogP) is 8.24. The van der Waals surface area contributed by atoms with Crippen LogP contribution in [-0.2, 0) is 0 Å². The molecule has 0 saturated heterocycles. The van der Waals surface area contributed by atoms with Crippen LogP contribution >= 0.6 is 0 Å². The molecule has 5 rings (SSSR count). The number of anilines is 5. The van der Waals surface area contributed by atoms with Crippen LogP contribution in [0.2, 0.25) is 0 Å². The Bertz CT molecular complexity index is 1290. The van der Waals surface area contributed by atoms with E-state index in [1.807, 2.05) is 42.5 Å². The van der Waals surface area contributed by atoms with E-state index in [0.29, 0.717) is 0 Å². The molecule has 5 aromatic carbocycles. The molecule has 0 bridgehead atoms. The van der Waals surface area contributed by atoms with E-state index >= 15 is 0 Å². The first-order valence-corrected chi connectivity index (χ1v) is 11.9. The summed E-state index contributed by atoms with van der Waals surface area (Å²) in [5, 5.41) is 6.94. The van der Waals surface area contributed by atoms with Crippen LogP contribution in [0.5, 0.6) is 0 Å². The van der Waals surface area contributed by atoms with Crippen molar-refractivity contribution in [2.45, 2.75) is 12.8 Å². The smallest absolute Gasteiger partial charge is 0.0384 e. The molecule has 4 N–H and O–H groups in total. The minimum Gasteiger partial charge on any atom is -0.398 e. The number of benzene rings is 5. The molecule has 0 heterocycles. The summed E-state index contributed by atoms with van der Waals surface area (Å²) in [6.45, 7) is 2.11. The van der Waals surface area contributed by atoms with E-state index in [2.05, 4.69) is 102 Å². The lowest BCUT2D eigenvalue weighted by Gasteiger charge is -2.22. The number of para-hydroxylation sites is 2. The Morgan fingerprint density at radius 2 is 0.943 bits per heavy atom. The highest BCUT2D eigenvalue weighted by atomic mass is 14.9. The van der Waals surface area contributed by atoms with Gasteiger partial charge in [0.05, 0.1) is 0 Å². The average Bonchev–Trinajstić information content (AvgIpc) is 2.89. The Morgan fingerprint density at radius 1 is 0.514 bits per heavy atom. The largest absolute Gasteiger partial charge is 0.398 e. The highest BCUT2D eigenvalue weighted by Crippen LogP contribution is 2.37. The summed E-state index contributed by atoms with van der Waals surface area (Å²) < 4.78 is 0. The predicted molar refractivity (Wildman–Crippen MR) is 149 cm³/mol. The van der Waals surface area contributed by atoms with Gasteiger partial charge in [0.1, 0.15) is 0 Å². The number of nitrogens with one attached hydrogen (secondary N) is 2. The summed E-state index contributed by atoms with van der Waals surface area (Å²) in [7, 11) is 0. The zero-order valence-corrected chi connectivity index (χ0v) is 19.8. The molecule has 3 heteroatoms. The van der Waals surface area contributed by atoms with Crippen molar-refractivity contribution in [2.24, 2.45) is 0 Å². The molecule has 0 aliphatic heterocycles. The zero-order valence-electron chi connectivity index (χ0n) is 19.8. The molecular weight excluding hydrogens is 426 g/mol. The van der Waals surface area contributed by atoms with Crippen LogP contribution < -0.4 is 16.4 Å². The first-order valence-electron chi connectivity index (χ1n) is 11.9. The second kappa shape index (κ2) is 10.2. The Morgan fingerprint density at radius 3 is 1.40 bits per heavy atom. The third kappa shape index (κ3) is 5.36. The molecule has 0 aliphatic rings. The number of nitrogens with two attached hydrogens (primary N) is 1. The van der Waals surface area contributed by atoms with Crippen LogP contribution in [0.15, 0.2) is 127 Å². The van der Waals surface area contributed by atoms with Gasteiger partial charge >= 0.3 is 0 Å². The van der Waals surface area contributed by atoms with Crippen molar-refractivity contribution in [3.8, 4) is 0 Å². The Kier molecular flexibility index (Phi) is 6.49. The Hall–Kier alpha value is -4.50. The minimum atomic E-state index is 0.0338. The summed E-state index contributed by atoms with van der Waals surface area (Å²) in [6, 6.07) is 44.0. The van der Waals surface area contributed by atoms with Gasteiger partial charge in [0.15, 0.2) is 0 Å². The van der Waals surface area contributed by atoms with E-state index in [1.54, 1.807) is 0 Å². The van der Waals surface area contributed by atoms with E-state index in [4.69, 9.17) is 5.73 Å². The van der Waals surface area contributed by atoms with Crippen molar-refractivity contribution < 1.29 is 0 Å². The summed E-state index contributed by atoms with van der Waals surface area (Å²) >= 11 is 0. The Balaban J connectivity index is 1.47. The van der Waals surface area contributed by atoms with Crippen molar-refractivity contribution >= 4 is 28.4 Å². The van der Waals surface area contributed by atoms with Gasteiger partial charge in [-0.3, -0.25) is 0 Å². The quantitative estimate of drug-likeness (QED) is 0.171. The van der Waals surface area contributed by atoms with Gasteiger partial charge in [-0.15, -0.1) is 0 Å². The molecule has 5 aromatic rings. The van der Waals surface area contributed by atoms with Crippen molar-refractivity contribution in [1.29, 1.82) is 0 Å². The van der Waals surface area contributed by atoms with Gasteiger partial charge in [-0.2, -0.15) is 0 Å². The maximum Gasteiger partial charge on any atom is 0.0384 e. The summed E-state index contributed by atoms with van der Waals surface area (Å²) in [6.07, 6.45) is 0. The van der Waals surface area contributed by atoms with Gasteiger partial charge in [0.2, 0.25) is 0 Å². The van der Waals surface area contributed by atoms with Crippen LogP contribution in [0.3, 0.4) is 0 Å². The monoisotopic (exact) mass is 455 g/mol. The third-order valence-electron chi connectivity index (χ3n) is 6.17. The third-order valence-corrected chi connectivity index (χ3v) is 6.17. The molecular formula is C32H29N3. The second-order valence-electron chi connectivity index (χ2n) is 8.79. The second-order valence-corrected chi connectivity index (χ2v) is 8.79. The highest BCUT2D eigenvalue weighted by molar-refractivity contribution is 5.64. The van der Waals surface area contributed by atoms with Crippen molar-refractivity contribution in [3.63, 3.8) is 0 Å². The fourth-order valence-corrected chi connectivity index (χ4v) is 4.39. The van der Waals surface area contributed by atoms with Crippen LogP contribution in [0.1, 0.15) is 28.2 Å².